The molecule has 1 aromatic rings. The highest BCUT2D eigenvalue weighted by Gasteiger charge is 2.29. The number of furan rings is 1. The van der Waals surface area contributed by atoms with Gasteiger partial charge in [-0.15, -0.1) is 0 Å². The van der Waals surface area contributed by atoms with Gasteiger partial charge < -0.3 is 4.42 Å². The SMILES string of the molecule is CCCSC1=N/C(=C\c2ccco2)C(=O)N1CCC. The zero-order valence-corrected chi connectivity index (χ0v) is 12.1. The highest BCUT2D eigenvalue weighted by molar-refractivity contribution is 8.13. The number of nitrogens with zero attached hydrogens (tertiary/aromatic N) is 2. The van der Waals surface area contributed by atoms with E-state index in [1.807, 2.05) is 6.07 Å². The van der Waals surface area contributed by atoms with Crippen molar-refractivity contribution in [3.05, 3.63) is 29.9 Å². The Morgan fingerprint density at radius 2 is 2.26 bits per heavy atom. The summed E-state index contributed by atoms with van der Waals surface area (Å²) < 4.78 is 5.23. The molecule has 0 aliphatic carbocycles. The standard InChI is InChI=1S/C14H18N2O2S/c1-3-7-16-13(17)12(10-11-6-5-8-18-11)15-14(16)19-9-4-2/h5-6,8,10H,3-4,7,9H2,1-2H3/b12-10-. The topological polar surface area (TPSA) is 45.8 Å². The van der Waals surface area contributed by atoms with E-state index in [1.54, 1.807) is 35.1 Å². The lowest BCUT2D eigenvalue weighted by Gasteiger charge is -2.16. The van der Waals surface area contributed by atoms with E-state index in [-0.39, 0.29) is 5.91 Å². The van der Waals surface area contributed by atoms with Crippen molar-refractivity contribution in [1.82, 2.24) is 4.90 Å². The van der Waals surface area contributed by atoms with Crippen LogP contribution >= 0.6 is 11.8 Å². The van der Waals surface area contributed by atoms with Gasteiger partial charge in [-0.05, 0) is 25.0 Å². The summed E-state index contributed by atoms with van der Waals surface area (Å²) in [6, 6.07) is 3.61. The third kappa shape index (κ3) is 3.29. The number of amides is 1. The molecular formula is C14H18N2O2S. The van der Waals surface area contributed by atoms with Gasteiger partial charge in [0.1, 0.15) is 11.5 Å². The minimum atomic E-state index is -0.0307. The third-order valence-electron chi connectivity index (χ3n) is 2.62. The molecule has 0 bridgehead atoms. The monoisotopic (exact) mass is 278 g/mol. The molecule has 0 saturated carbocycles. The Morgan fingerprint density at radius 3 is 2.89 bits per heavy atom. The van der Waals surface area contributed by atoms with Crippen LogP contribution < -0.4 is 0 Å². The maximum absolute atomic E-state index is 12.3. The summed E-state index contributed by atoms with van der Waals surface area (Å²) in [4.78, 5) is 18.5. The molecule has 5 heteroatoms. The van der Waals surface area contributed by atoms with Gasteiger partial charge in [-0.1, -0.05) is 25.6 Å². The zero-order valence-electron chi connectivity index (χ0n) is 11.3. The minimum absolute atomic E-state index is 0.0307. The maximum Gasteiger partial charge on any atom is 0.278 e. The van der Waals surface area contributed by atoms with Crippen LogP contribution in [0.5, 0.6) is 0 Å². The Hall–Kier alpha value is -1.49. The Morgan fingerprint density at radius 1 is 1.42 bits per heavy atom. The van der Waals surface area contributed by atoms with Crippen molar-refractivity contribution in [3.8, 4) is 0 Å². The maximum atomic E-state index is 12.3. The summed E-state index contributed by atoms with van der Waals surface area (Å²) in [5.74, 6) is 1.60. The summed E-state index contributed by atoms with van der Waals surface area (Å²) in [6.45, 7) is 4.89. The molecule has 2 heterocycles. The average Bonchev–Trinajstić information content (AvgIpc) is 3.00. The van der Waals surface area contributed by atoms with Crippen LogP contribution in [-0.4, -0.2) is 28.3 Å². The number of hydrogen-bond donors (Lipinski definition) is 0. The summed E-state index contributed by atoms with van der Waals surface area (Å²) in [7, 11) is 0. The van der Waals surface area contributed by atoms with Crippen LogP contribution in [-0.2, 0) is 4.79 Å². The lowest BCUT2D eigenvalue weighted by Crippen LogP contribution is -2.31. The number of carbonyl (C=O) groups is 1. The molecule has 19 heavy (non-hydrogen) atoms. The first-order valence-corrected chi connectivity index (χ1v) is 7.53. The summed E-state index contributed by atoms with van der Waals surface area (Å²) >= 11 is 1.64. The molecule has 0 radical (unpaired) electrons. The van der Waals surface area contributed by atoms with Gasteiger partial charge in [0, 0.05) is 18.4 Å². The largest absolute Gasteiger partial charge is 0.465 e. The number of aliphatic imine (C=N–C) groups is 1. The zero-order chi connectivity index (χ0) is 13.7. The molecule has 1 amide bonds. The Labute approximate surface area is 117 Å². The highest BCUT2D eigenvalue weighted by atomic mass is 32.2. The van der Waals surface area contributed by atoms with Crippen LogP contribution in [0.2, 0.25) is 0 Å². The van der Waals surface area contributed by atoms with E-state index in [9.17, 15) is 4.79 Å². The van der Waals surface area contributed by atoms with Gasteiger partial charge in [0.25, 0.3) is 5.91 Å². The van der Waals surface area contributed by atoms with E-state index < -0.39 is 0 Å². The summed E-state index contributed by atoms with van der Waals surface area (Å²) in [5, 5.41) is 0.812. The second kappa shape index (κ2) is 6.61. The quantitative estimate of drug-likeness (QED) is 0.776. The van der Waals surface area contributed by atoms with Gasteiger partial charge in [0.2, 0.25) is 0 Å². The van der Waals surface area contributed by atoms with Crippen molar-refractivity contribution >= 4 is 28.9 Å². The Balaban J connectivity index is 2.21. The van der Waals surface area contributed by atoms with Gasteiger partial charge in [0.05, 0.1) is 6.26 Å². The van der Waals surface area contributed by atoms with Gasteiger partial charge >= 0.3 is 0 Å². The summed E-state index contributed by atoms with van der Waals surface area (Å²) in [6.07, 6.45) is 5.27. The molecule has 2 rings (SSSR count). The van der Waals surface area contributed by atoms with Crippen molar-refractivity contribution in [2.75, 3.05) is 12.3 Å². The molecule has 0 fully saturated rings. The predicted octanol–water partition coefficient (Wildman–Crippen LogP) is 3.37. The molecular weight excluding hydrogens is 260 g/mol. The third-order valence-corrected chi connectivity index (χ3v) is 3.80. The smallest absolute Gasteiger partial charge is 0.278 e. The van der Waals surface area contributed by atoms with Crippen LogP contribution in [0, 0.1) is 0 Å². The molecule has 0 atom stereocenters. The minimum Gasteiger partial charge on any atom is -0.465 e. The predicted molar refractivity (Wildman–Crippen MR) is 78.9 cm³/mol. The fraction of sp³-hybridized carbons (Fsp3) is 0.429. The van der Waals surface area contributed by atoms with Crippen LogP contribution in [0.3, 0.4) is 0 Å². The molecule has 1 aliphatic heterocycles. The number of hydrogen-bond acceptors (Lipinski definition) is 4. The van der Waals surface area contributed by atoms with Crippen LogP contribution in [0.1, 0.15) is 32.4 Å². The first-order chi connectivity index (χ1) is 9.26. The molecule has 1 aliphatic rings. The number of rotatable bonds is 5. The van der Waals surface area contributed by atoms with Crippen molar-refractivity contribution < 1.29 is 9.21 Å². The molecule has 0 aromatic carbocycles. The Kier molecular flexibility index (Phi) is 4.85. The molecule has 4 nitrogen and oxygen atoms in total. The van der Waals surface area contributed by atoms with E-state index in [4.69, 9.17) is 4.42 Å². The van der Waals surface area contributed by atoms with E-state index >= 15 is 0 Å². The average molecular weight is 278 g/mol. The van der Waals surface area contributed by atoms with Crippen molar-refractivity contribution in [3.63, 3.8) is 0 Å². The highest BCUT2D eigenvalue weighted by Crippen LogP contribution is 2.24. The van der Waals surface area contributed by atoms with E-state index in [0.29, 0.717) is 18.0 Å². The fourth-order valence-electron chi connectivity index (χ4n) is 1.76. The molecule has 102 valence electrons. The second-order valence-corrected chi connectivity index (χ2v) is 5.31. The molecule has 0 saturated heterocycles. The summed E-state index contributed by atoms with van der Waals surface area (Å²) in [5.41, 5.74) is 0.460. The van der Waals surface area contributed by atoms with Gasteiger partial charge in [-0.3, -0.25) is 9.69 Å². The lowest BCUT2D eigenvalue weighted by molar-refractivity contribution is -0.122. The number of thioether (sulfide) groups is 1. The molecule has 0 N–H and O–H groups in total. The van der Waals surface area contributed by atoms with Crippen molar-refractivity contribution in [2.24, 2.45) is 4.99 Å². The number of carbonyl (C=O) groups excluding carboxylic acids is 1. The lowest BCUT2D eigenvalue weighted by atomic mass is 10.3. The van der Waals surface area contributed by atoms with E-state index in [0.717, 1.165) is 23.8 Å². The molecule has 1 aromatic heterocycles. The van der Waals surface area contributed by atoms with E-state index in [1.165, 1.54) is 0 Å². The normalized spacial score (nSPS) is 17.4. The van der Waals surface area contributed by atoms with Crippen LogP contribution in [0.4, 0.5) is 0 Å². The Bertz CT molecular complexity index is 492. The first-order valence-electron chi connectivity index (χ1n) is 6.54. The van der Waals surface area contributed by atoms with E-state index in [2.05, 4.69) is 18.8 Å². The molecule has 0 unspecified atom stereocenters. The van der Waals surface area contributed by atoms with Gasteiger partial charge in [-0.2, -0.15) is 0 Å². The van der Waals surface area contributed by atoms with Gasteiger partial charge in [0.15, 0.2) is 5.17 Å². The number of amidine groups is 1. The van der Waals surface area contributed by atoms with Crippen LogP contribution in [0.25, 0.3) is 6.08 Å². The first kappa shape index (κ1) is 13.9. The van der Waals surface area contributed by atoms with Crippen molar-refractivity contribution in [1.29, 1.82) is 0 Å². The van der Waals surface area contributed by atoms with Crippen molar-refractivity contribution in [2.45, 2.75) is 26.7 Å². The molecule has 0 spiro atoms. The fourth-order valence-corrected chi connectivity index (χ4v) is 2.64. The second-order valence-electron chi connectivity index (χ2n) is 4.24. The van der Waals surface area contributed by atoms with Gasteiger partial charge in [-0.25, -0.2) is 4.99 Å². The van der Waals surface area contributed by atoms with Crippen LogP contribution in [0.15, 0.2) is 33.5 Å².